The fourth-order valence-corrected chi connectivity index (χ4v) is 3.00. The molecule has 1 aliphatic carbocycles. The van der Waals surface area contributed by atoms with E-state index in [0.29, 0.717) is 0 Å². The second-order valence-electron chi connectivity index (χ2n) is 4.98. The molecule has 2 atom stereocenters. The van der Waals surface area contributed by atoms with Crippen molar-refractivity contribution in [3.05, 3.63) is 58.1 Å². The molecule has 6 heteroatoms. The van der Waals surface area contributed by atoms with Crippen molar-refractivity contribution in [1.82, 2.24) is 15.3 Å². The smallest absolute Gasteiger partial charge is 0.273 e. The van der Waals surface area contributed by atoms with E-state index in [9.17, 15) is 4.79 Å². The number of nitrogens with one attached hydrogen (secondary N) is 1. The van der Waals surface area contributed by atoms with E-state index < -0.39 is 0 Å². The van der Waals surface area contributed by atoms with Crippen molar-refractivity contribution < 1.29 is 4.79 Å². The van der Waals surface area contributed by atoms with E-state index in [0.717, 1.165) is 23.4 Å². The molecular weight excluding hydrogens is 309 g/mol. The summed E-state index contributed by atoms with van der Waals surface area (Å²) in [5.74, 6) is -0.0621. The predicted octanol–water partition coefficient (Wildman–Crippen LogP) is 3.46. The summed E-state index contributed by atoms with van der Waals surface area (Å²) in [5, 5.41) is 3.81. The Labute approximate surface area is 132 Å². The van der Waals surface area contributed by atoms with Crippen LogP contribution in [0.1, 0.15) is 34.8 Å². The number of aromatic nitrogens is 2. The second-order valence-corrected chi connectivity index (χ2v) is 5.75. The van der Waals surface area contributed by atoms with Gasteiger partial charge in [0, 0.05) is 29.4 Å². The van der Waals surface area contributed by atoms with Gasteiger partial charge in [-0.15, -0.1) is 0 Å². The molecule has 1 aromatic heterocycles. The van der Waals surface area contributed by atoms with Crippen LogP contribution in [0.2, 0.25) is 10.2 Å². The van der Waals surface area contributed by atoms with Gasteiger partial charge in [-0.25, -0.2) is 9.97 Å². The predicted molar refractivity (Wildman–Crippen MR) is 81.7 cm³/mol. The summed E-state index contributed by atoms with van der Waals surface area (Å²) < 4.78 is 0. The second kappa shape index (κ2) is 6.00. The Morgan fingerprint density at radius 2 is 1.90 bits per heavy atom. The van der Waals surface area contributed by atoms with Gasteiger partial charge >= 0.3 is 0 Å². The quantitative estimate of drug-likeness (QED) is 0.941. The van der Waals surface area contributed by atoms with Crippen LogP contribution in [-0.2, 0) is 0 Å². The van der Waals surface area contributed by atoms with Crippen LogP contribution >= 0.6 is 23.2 Å². The van der Waals surface area contributed by atoms with Crippen molar-refractivity contribution in [3.8, 4) is 0 Å². The molecular formula is C15H13Cl2N3O. The Bertz CT molecular complexity index is 677. The van der Waals surface area contributed by atoms with Crippen molar-refractivity contribution >= 4 is 29.1 Å². The number of benzene rings is 1. The third kappa shape index (κ3) is 2.87. The third-order valence-corrected chi connectivity index (χ3v) is 4.39. The summed E-state index contributed by atoms with van der Waals surface area (Å²) in [4.78, 5) is 20.0. The minimum absolute atomic E-state index is 0.0514. The first-order chi connectivity index (χ1) is 10.2. The first-order valence-corrected chi connectivity index (χ1v) is 7.44. The van der Waals surface area contributed by atoms with Gasteiger partial charge in [0.25, 0.3) is 5.91 Å². The molecule has 1 fully saturated rings. The number of nitrogens with zero attached hydrogens (tertiary/aromatic N) is 2. The van der Waals surface area contributed by atoms with Gasteiger partial charge in [0.05, 0.1) is 0 Å². The zero-order valence-electron chi connectivity index (χ0n) is 11.1. The van der Waals surface area contributed by atoms with Gasteiger partial charge in [0.1, 0.15) is 0 Å². The van der Waals surface area contributed by atoms with Gasteiger partial charge in [0.15, 0.2) is 10.8 Å². The lowest BCUT2D eigenvalue weighted by Crippen LogP contribution is -2.45. The number of hydrogen-bond donors (Lipinski definition) is 1. The van der Waals surface area contributed by atoms with Crippen LogP contribution in [0.25, 0.3) is 0 Å². The summed E-state index contributed by atoms with van der Waals surface area (Å²) in [6.45, 7) is 0. The standard InChI is InChI=1S/C15H13Cl2N3O/c16-11-4-2-1-3-9(11)10-5-6-12(10)20-15(21)13-14(17)19-8-7-18-13/h1-4,7-8,10,12H,5-6H2,(H,20,21)/t10-,12-/m1/s1. The number of rotatable bonds is 3. The fraction of sp³-hybridized carbons (Fsp3) is 0.267. The molecule has 3 rings (SSSR count). The lowest BCUT2D eigenvalue weighted by atomic mass is 9.75. The van der Waals surface area contributed by atoms with Crippen LogP contribution in [0.15, 0.2) is 36.7 Å². The number of carbonyl (C=O) groups excluding carboxylic acids is 1. The molecule has 1 aliphatic rings. The number of carbonyl (C=O) groups is 1. The average Bonchev–Trinajstić information content (AvgIpc) is 2.46. The maximum Gasteiger partial charge on any atom is 0.273 e. The molecule has 1 N–H and O–H groups in total. The Morgan fingerprint density at radius 1 is 1.14 bits per heavy atom. The largest absolute Gasteiger partial charge is 0.347 e. The number of halogens is 2. The first-order valence-electron chi connectivity index (χ1n) is 6.68. The van der Waals surface area contributed by atoms with E-state index in [1.807, 2.05) is 24.3 Å². The van der Waals surface area contributed by atoms with Crippen molar-refractivity contribution in [2.75, 3.05) is 0 Å². The highest BCUT2D eigenvalue weighted by Crippen LogP contribution is 2.40. The molecule has 0 aliphatic heterocycles. The van der Waals surface area contributed by atoms with E-state index >= 15 is 0 Å². The normalized spacial score (nSPS) is 20.7. The van der Waals surface area contributed by atoms with Gasteiger partial charge in [-0.3, -0.25) is 4.79 Å². The Kier molecular flexibility index (Phi) is 4.08. The summed E-state index contributed by atoms with van der Waals surface area (Å²) in [7, 11) is 0. The summed E-state index contributed by atoms with van der Waals surface area (Å²) in [6.07, 6.45) is 4.82. The molecule has 1 aromatic carbocycles. The molecule has 4 nitrogen and oxygen atoms in total. The molecule has 0 spiro atoms. The maximum absolute atomic E-state index is 12.2. The van der Waals surface area contributed by atoms with Crippen LogP contribution in [-0.4, -0.2) is 21.9 Å². The Morgan fingerprint density at radius 3 is 2.57 bits per heavy atom. The van der Waals surface area contributed by atoms with Crippen LogP contribution in [0, 0.1) is 0 Å². The van der Waals surface area contributed by atoms with E-state index in [1.165, 1.54) is 12.4 Å². The lowest BCUT2D eigenvalue weighted by Gasteiger charge is -2.37. The summed E-state index contributed by atoms with van der Waals surface area (Å²) >= 11 is 12.1. The number of hydrogen-bond acceptors (Lipinski definition) is 3. The summed E-state index contributed by atoms with van der Waals surface area (Å²) in [6, 6.07) is 7.78. The van der Waals surface area contributed by atoms with Crippen molar-refractivity contribution in [3.63, 3.8) is 0 Å². The van der Waals surface area contributed by atoms with Gasteiger partial charge < -0.3 is 5.32 Å². The van der Waals surface area contributed by atoms with Crippen LogP contribution < -0.4 is 5.32 Å². The SMILES string of the molecule is O=C(N[C@@H]1CC[C@@H]1c1ccccc1Cl)c1nccnc1Cl. The molecule has 2 aromatic rings. The van der Waals surface area contributed by atoms with Crippen molar-refractivity contribution in [1.29, 1.82) is 0 Å². The molecule has 1 amide bonds. The zero-order valence-corrected chi connectivity index (χ0v) is 12.6. The van der Waals surface area contributed by atoms with Crippen molar-refractivity contribution in [2.24, 2.45) is 0 Å². The van der Waals surface area contributed by atoms with Gasteiger partial charge in [0.2, 0.25) is 0 Å². The molecule has 0 bridgehead atoms. The first kappa shape index (κ1) is 14.3. The minimum atomic E-state index is -0.296. The average molecular weight is 322 g/mol. The fourth-order valence-electron chi connectivity index (χ4n) is 2.53. The van der Waals surface area contributed by atoms with E-state index in [1.54, 1.807) is 0 Å². The molecule has 21 heavy (non-hydrogen) atoms. The third-order valence-electron chi connectivity index (χ3n) is 3.76. The topological polar surface area (TPSA) is 54.9 Å². The Balaban J connectivity index is 1.73. The van der Waals surface area contributed by atoms with E-state index in [2.05, 4.69) is 15.3 Å². The molecule has 1 heterocycles. The van der Waals surface area contributed by atoms with E-state index in [-0.39, 0.29) is 28.7 Å². The van der Waals surface area contributed by atoms with Crippen molar-refractivity contribution in [2.45, 2.75) is 24.8 Å². The monoisotopic (exact) mass is 321 g/mol. The summed E-state index contributed by atoms with van der Waals surface area (Å²) in [5.41, 5.74) is 1.23. The number of amides is 1. The molecule has 0 saturated heterocycles. The van der Waals surface area contributed by atoms with Gasteiger partial charge in [-0.05, 0) is 24.5 Å². The lowest BCUT2D eigenvalue weighted by molar-refractivity contribution is 0.0899. The molecule has 0 unspecified atom stereocenters. The minimum Gasteiger partial charge on any atom is -0.347 e. The molecule has 0 radical (unpaired) electrons. The highest BCUT2D eigenvalue weighted by Gasteiger charge is 2.35. The highest BCUT2D eigenvalue weighted by molar-refractivity contribution is 6.32. The van der Waals surface area contributed by atoms with Crippen LogP contribution in [0.4, 0.5) is 0 Å². The van der Waals surface area contributed by atoms with E-state index in [4.69, 9.17) is 23.2 Å². The van der Waals surface area contributed by atoms with Gasteiger partial charge in [-0.1, -0.05) is 41.4 Å². The zero-order chi connectivity index (χ0) is 14.8. The highest BCUT2D eigenvalue weighted by atomic mass is 35.5. The Hall–Kier alpha value is -1.65. The van der Waals surface area contributed by atoms with Crippen LogP contribution in [0.5, 0.6) is 0 Å². The van der Waals surface area contributed by atoms with Crippen LogP contribution in [0.3, 0.4) is 0 Å². The molecule has 1 saturated carbocycles. The van der Waals surface area contributed by atoms with Gasteiger partial charge in [-0.2, -0.15) is 0 Å². The maximum atomic E-state index is 12.2. The molecule has 108 valence electrons.